The van der Waals surface area contributed by atoms with E-state index in [1.807, 2.05) is 30.3 Å². The first-order chi connectivity index (χ1) is 11.1. The van der Waals surface area contributed by atoms with Crippen LogP contribution in [0.5, 0.6) is 5.75 Å². The summed E-state index contributed by atoms with van der Waals surface area (Å²) >= 11 is 0. The molecular weight excluding hydrogens is 314 g/mol. The van der Waals surface area contributed by atoms with E-state index in [1.54, 1.807) is 24.3 Å². The molecule has 1 unspecified atom stereocenters. The molecule has 1 aliphatic heterocycles. The summed E-state index contributed by atoms with van der Waals surface area (Å²) in [6.45, 7) is 1.04. The Morgan fingerprint density at radius 1 is 1.13 bits per heavy atom. The Bertz CT molecular complexity index is 761. The molecule has 0 saturated carbocycles. The third-order valence-corrected chi connectivity index (χ3v) is 5.74. The normalized spacial score (nSPS) is 19.4. The van der Waals surface area contributed by atoms with Crippen LogP contribution in [-0.4, -0.2) is 39.5 Å². The highest BCUT2D eigenvalue weighted by atomic mass is 32.2. The van der Waals surface area contributed by atoms with Gasteiger partial charge in [0.05, 0.1) is 24.7 Å². The Morgan fingerprint density at radius 2 is 1.91 bits per heavy atom. The van der Waals surface area contributed by atoms with Crippen molar-refractivity contribution in [1.29, 1.82) is 0 Å². The van der Waals surface area contributed by atoms with Crippen molar-refractivity contribution in [3.63, 3.8) is 0 Å². The summed E-state index contributed by atoms with van der Waals surface area (Å²) in [7, 11) is -2.04. The summed E-state index contributed by atoms with van der Waals surface area (Å²) in [5.74, 6) is 0.527. The van der Waals surface area contributed by atoms with Gasteiger partial charge in [0, 0.05) is 19.2 Å². The smallest absolute Gasteiger partial charge is 0.243 e. The minimum atomic E-state index is -3.56. The summed E-state index contributed by atoms with van der Waals surface area (Å²) in [6, 6.07) is 16.2. The van der Waals surface area contributed by atoms with Crippen LogP contribution >= 0.6 is 0 Å². The fraction of sp³-hybridized carbons (Fsp3) is 0.294. The van der Waals surface area contributed by atoms with Crippen LogP contribution in [0.2, 0.25) is 0 Å². The van der Waals surface area contributed by atoms with E-state index in [1.165, 1.54) is 11.4 Å². The number of ether oxygens (including phenoxy) is 2. The van der Waals surface area contributed by atoms with Crippen molar-refractivity contribution in [2.75, 3.05) is 26.8 Å². The van der Waals surface area contributed by atoms with E-state index in [0.29, 0.717) is 25.4 Å². The molecule has 1 atom stereocenters. The predicted molar refractivity (Wildman–Crippen MR) is 86.9 cm³/mol. The Hall–Kier alpha value is -1.89. The largest absolute Gasteiger partial charge is 0.497 e. The maximum absolute atomic E-state index is 12.8. The van der Waals surface area contributed by atoms with E-state index in [2.05, 4.69) is 0 Å². The van der Waals surface area contributed by atoms with E-state index < -0.39 is 10.0 Å². The first-order valence-corrected chi connectivity index (χ1v) is 8.86. The molecule has 3 rings (SSSR count). The number of rotatable bonds is 4. The molecular formula is C17H19NO4S. The van der Waals surface area contributed by atoms with Crippen LogP contribution in [0, 0.1) is 0 Å². The molecule has 122 valence electrons. The first kappa shape index (κ1) is 16.0. The molecule has 2 aromatic carbocycles. The Morgan fingerprint density at radius 3 is 2.65 bits per heavy atom. The Kier molecular flexibility index (Phi) is 4.66. The van der Waals surface area contributed by atoms with Gasteiger partial charge in [0.2, 0.25) is 10.0 Å². The maximum atomic E-state index is 12.8. The Balaban J connectivity index is 1.85. The monoisotopic (exact) mass is 333 g/mol. The fourth-order valence-corrected chi connectivity index (χ4v) is 4.08. The standard InChI is InChI=1S/C17H19NO4S/c1-21-15-8-5-9-16(12-15)23(19,20)18-10-11-22-17(13-18)14-6-3-2-4-7-14/h2-9,12,17H,10-11,13H2,1H3. The fourth-order valence-electron chi connectivity index (χ4n) is 2.62. The van der Waals surface area contributed by atoms with Crippen LogP contribution in [0.4, 0.5) is 0 Å². The molecule has 0 N–H and O–H groups in total. The molecule has 0 spiro atoms. The van der Waals surface area contributed by atoms with Crippen molar-refractivity contribution >= 4 is 10.0 Å². The lowest BCUT2D eigenvalue weighted by Crippen LogP contribution is -2.42. The van der Waals surface area contributed by atoms with Crippen LogP contribution in [-0.2, 0) is 14.8 Å². The van der Waals surface area contributed by atoms with E-state index >= 15 is 0 Å². The van der Waals surface area contributed by atoms with Gasteiger partial charge in [-0.05, 0) is 17.7 Å². The van der Waals surface area contributed by atoms with E-state index in [9.17, 15) is 8.42 Å². The first-order valence-electron chi connectivity index (χ1n) is 7.42. The van der Waals surface area contributed by atoms with Crippen LogP contribution in [0.3, 0.4) is 0 Å². The van der Waals surface area contributed by atoms with Crippen molar-refractivity contribution < 1.29 is 17.9 Å². The summed E-state index contributed by atoms with van der Waals surface area (Å²) in [6.07, 6.45) is -0.245. The minimum absolute atomic E-state index is 0.241. The average Bonchev–Trinajstić information content (AvgIpc) is 2.62. The highest BCUT2D eigenvalue weighted by Gasteiger charge is 2.31. The SMILES string of the molecule is COc1cccc(S(=O)(=O)N2CCOC(c3ccccc3)C2)c1. The number of sulfonamides is 1. The number of morpholine rings is 1. The van der Waals surface area contributed by atoms with Crippen molar-refractivity contribution in [3.05, 3.63) is 60.2 Å². The van der Waals surface area contributed by atoms with Gasteiger partial charge in [0.15, 0.2) is 0 Å². The molecule has 2 aromatic rings. The summed E-state index contributed by atoms with van der Waals surface area (Å²) in [5, 5.41) is 0. The lowest BCUT2D eigenvalue weighted by molar-refractivity contribution is -0.00255. The van der Waals surface area contributed by atoms with Gasteiger partial charge in [-0.3, -0.25) is 0 Å². The second kappa shape index (κ2) is 6.70. The van der Waals surface area contributed by atoms with Gasteiger partial charge in [-0.25, -0.2) is 8.42 Å². The zero-order valence-electron chi connectivity index (χ0n) is 12.9. The van der Waals surface area contributed by atoms with E-state index in [0.717, 1.165) is 5.56 Å². The predicted octanol–water partition coefficient (Wildman–Crippen LogP) is 2.46. The molecule has 0 bridgehead atoms. The summed E-state index contributed by atoms with van der Waals surface area (Å²) < 4.78 is 38.0. The van der Waals surface area contributed by atoms with Crippen LogP contribution in [0.15, 0.2) is 59.5 Å². The molecule has 0 radical (unpaired) electrons. The maximum Gasteiger partial charge on any atom is 0.243 e. The van der Waals surface area contributed by atoms with Crippen molar-refractivity contribution in [2.24, 2.45) is 0 Å². The van der Waals surface area contributed by atoms with Gasteiger partial charge in [-0.1, -0.05) is 36.4 Å². The number of methoxy groups -OCH3 is 1. The molecule has 1 fully saturated rings. The van der Waals surface area contributed by atoms with Crippen LogP contribution in [0.1, 0.15) is 11.7 Å². The number of nitrogens with zero attached hydrogens (tertiary/aromatic N) is 1. The lowest BCUT2D eigenvalue weighted by Gasteiger charge is -2.32. The Labute approximate surface area is 136 Å². The molecule has 0 aliphatic carbocycles. The lowest BCUT2D eigenvalue weighted by atomic mass is 10.1. The number of hydrogen-bond acceptors (Lipinski definition) is 4. The summed E-state index contributed by atoms with van der Waals surface area (Å²) in [4.78, 5) is 0.241. The zero-order valence-corrected chi connectivity index (χ0v) is 13.7. The molecule has 1 saturated heterocycles. The summed E-state index contributed by atoms with van der Waals surface area (Å²) in [5.41, 5.74) is 0.984. The molecule has 0 aromatic heterocycles. The van der Waals surface area contributed by atoms with E-state index in [4.69, 9.17) is 9.47 Å². The quantitative estimate of drug-likeness (QED) is 0.862. The highest BCUT2D eigenvalue weighted by Crippen LogP contribution is 2.27. The molecule has 5 nitrogen and oxygen atoms in total. The molecule has 6 heteroatoms. The van der Waals surface area contributed by atoms with Crippen molar-refractivity contribution in [2.45, 2.75) is 11.0 Å². The average molecular weight is 333 g/mol. The molecule has 1 aliphatic rings. The topological polar surface area (TPSA) is 55.8 Å². The van der Waals surface area contributed by atoms with Gasteiger partial charge in [-0.2, -0.15) is 4.31 Å². The molecule has 0 amide bonds. The van der Waals surface area contributed by atoms with Crippen molar-refractivity contribution in [1.82, 2.24) is 4.31 Å². The second-order valence-corrected chi connectivity index (χ2v) is 7.25. The van der Waals surface area contributed by atoms with Crippen molar-refractivity contribution in [3.8, 4) is 5.75 Å². The number of benzene rings is 2. The molecule has 1 heterocycles. The van der Waals surface area contributed by atoms with Crippen LogP contribution < -0.4 is 4.74 Å². The van der Waals surface area contributed by atoms with Gasteiger partial charge >= 0.3 is 0 Å². The zero-order chi connectivity index (χ0) is 16.3. The second-order valence-electron chi connectivity index (χ2n) is 5.31. The number of hydrogen-bond donors (Lipinski definition) is 0. The van der Waals surface area contributed by atoms with Gasteiger partial charge in [0.1, 0.15) is 5.75 Å². The van der Waals surface area contributed by atoms with Crippen LogP contribution in [0.25, 0.3) is 0 Å². The third-order valence-electron chi connectivity index (χ3n) is 3.88. The highest BCUT2D eigenvalue weighted by molar-refractivity contribution is 7.89. The van der Waals surface area contributed by atoms with Gasteiger partial charge in [0.25, 0.3) is 0 Å². The third kappa shape index (κ3) is 3.39. The molecule has 23 heavy (non-hydrogen) atoms. The van der Waals surface area contributed by atoms with Gasteiger partial charge in [-0.15, -0.1) is 0 Å². The van der Waals surface area contributed by atoms with E-state index in [-0.39, 0.29) is 11.0 Å². The van der Waals surface area contributed by atoms with Gasteiger partial charge < -0.3 is 9.47 Å². The minimum Gasteiger partial charge on any atom is -0.497 e.